The van der Waals surface area contributed by atoms with Gasteiger partial charge < -0.3 is 34.5 Å². The van der Waals surface area contributed by atoms with Crippen molar-refractivity contribution in [2.75, 3.05) is 38.5 Å². The molecule has 6 rings (SSSR count). The van der Waals surface area contributed by atoms with E-state index in [0.29, 0.717) is 68.1 Å². The van der Waals surface area contributed by atoms with Gasteiger partial charge in [0.05, 0.1) is 18.6 Å². The van der Waals surface area contributed by atoms with Crippen molar-refractivity contribution in [3.05, 3.63) is 107 Å². The SMILES string of the molecule is O=C(O)Cc1ccc(OCC2CCN(C(=O)Oc3ccc(Cc4ccc(C(F)(F)F)cc4)cc3)CC2)cc1.O=C(O)N1CCC(CSc2ncc[nH]2)CC1. The number of halogens is 3. The number of hydrogen-bond donors (Lipinski definition) is 3. The van der Waals surface area contributed by atoms with Crippen LogP contribution in [0.25, 0.3) is 0 Å². The first-order valence-electron chi connectivity index (χ1n) is 17.7. The fourth-order valence-electron chi connectivity index (χ4n) is 6.08. The number of aromatic nitrogens is 2. The molecule has 3 heterocycles. The highest BCUT2D eigenvalue weighted by molar-refractivity contribution is 7.99. The van der Waals surface area contributed by atoms with Gasteiger partial charge in [-0.15, -0.1) is 0 Å². The Hall–Kier alpha value is -5.18. The molecule has 288 valence electrons. The first-order chi connectivity index (χ1) is 25.9. The number of imidazole rings is 1. The molecule has 4 aromatic rings. The number of likely N-dealkylation sites (tertiary alicyclic amines) is 2. The zero-order valence-corrected chi connectivity index (χ0v) is 30.4. The third kappa shape index (κ3) is 12.7. The molecule has 2 aliphatic heterocycles. The Bertz CT molecular complexity index is 1770. The maximum atomic E-state index is 12.7. The molecule has 1 aromatic heterocycles. The van der Waals surface area contributed by atoms with Crippen LogP contribution < -0.4 is 9.47 Å². The van der Waals surface area contributed by atoms with Crippen LogP contribution in [0, 0.1) is 11.8 Å². The third-order valence-electron chi connectivity index (χ3n) is 9.27. The molecule has 2 aliphatic rings. The standard InChI is InChI=1S/C29H28F3NO5.C10H15N3O2S/c30-29(31,32)24-7-1-20(2-8-24)17-21-5-11-26(12-6-21)38-28(36)33-15-13-23(14-16-33)19-37-25-9-3-22(4-10-25)18-27(34)35;14-10(15)13-5-1-8(2-6-13)7-16-9-11-3-4-12-9/h1-12,23H,13-19H2,(H,34,35);3-4,8H,1-2,5-7H2,(H,11,12)(H,14,15). The number of alkyl halides is 3. The van der Waals surface area contributed by atoms with Gasteiger partial charge in [-0.3, -0.25) is 4.79 Å². The molecule has 0 aliphatic carbocycles. The van der Waals surface area contributed by atoms with Crippen LogP contribution in [0.1, 0.15) is 47.9 Å². The molecule has 15 heteroatoms. The van der Waals surface area contributed by atoms with E-state index >= 15 is 0 Å². The molecule has 2 amide bonds. The Kier molecular flexibility index (Phi) is 14.3. The van der Waals surface area contributed by atoms with Crippen molar-refractivity contribution in [1.29, 1.82) is 0 Å². The lowest BCUT2D eigenvalue weighted by Gasteiger charge is -2.31. The highest BCUT2D eigenvalue weighted by Gasteiger charge is 2.30. The van der Waals surface area contributed by atoms with Gasteiger partial charge in [-0.1, -0.05) is 48.2 Å². The molecule has 2 saturated heterocycles. The zero-order chi connectivity index (χ0) is 38.5. The average Bonchev–Trinajstić information content (AvgIpc) is 3.69. The van der Waals surface area contributed by atoms with E-state index < -0.39 is 29.9 Å². The number of carboxylic acid groups (broad SMARTS) is 2. The number of thioether (sulfide) groups is 1. The average molecular weight is 769 g/mol. The number of carbonyl (C=O) groups excluding carboxylic acids is 1. The summed E-state index contributed by atoms with van der Waals surface area (Å²) in [6, 6.07) is 19.0. The van der Waals surface area contributed by atoms with Crippen LogP contribution in [0.3, 0.4) is 0 Å². The number of piperidine rings is 2. The molecule has 2 fully saturated rings. The first-order valence-corrected chi connectivity index (χ1v) is 18.6. The second kappa shape index (κ2) is 19.2. The largest absolute Gasteiger partial charge is 0.493 e. The van der Waals surface area contributed by atoms with Crippen molar-refractivity contribution in [2.45, 2.75) is 49.9 Å². The minimum atomic E-state index is -4.36. The summed E-state index contributed by atoms with van der Waals surface area (Å²) in [4.78, 5) is 44.4. The van der Waals surface area contributed by atoms with E-state index in [9.17, 15) is 27.6 Å². The molecule has 3 aromatic carbocycles. The van der Waals surface area contributed by atoms with Crippen molar-refractivity contribution in [1.82, 2.24) is 19.8 Å². The van der Waals surface area contributed by atoms with Crippen LogP contribution in [-0.2, 0) is 23.8 Å². The van der Waals surface area contributed by atoms with Gasteiger partial charge in [-0.2, -0.15) is 13.2 Å². The number of carbonyl (C=O) groups is 3. The molecule has 0 unspecified atom stereocenters. The molecule has 0 atom stereocenters. The van der Waals surface area contributed by atoms with Crippen molar-refractivity contribution >= 4 is 29.9 Å². The van der Waals surface area contributed by atoms with Crippen molar-refractivity contribution in [2.24, 2.45) is 11.8 Å². The quantitative estimate of drug-likeness (QED) is 0.129. The topological polar surface area (TPSA) is 145 Å². The summed E-state index contributed by atoms with van der Waals surface area (Å²) in [5.74, 6) is 2.12. The summed E-state index contributed by atoms with van der Waals surface area (Å²) in [7, 11) is 0. The molecule has 11 nitrogen and oxygen atoms in total. The van der Waals surface area contributed by atoms with Gasteiger partial charge in [0.25, 0.3) is 0 Å². The number of nitrogens with zero attached hydrogens (tertiary/aromatic N) is 3. The Morgan fingerprint density at radius 1 is 0.778 bits per heavy atom. The molecule has 54 heavy (non-hydrogen) atoms. The highest BCUT2D eigenvalue weighted by atomic mass is 32.2. The van der Waals surface area contributed by atoms with Crippen molar-refractivity contribution in [3.63, 3.8) is 0 Å². The molecule has 0 bridgehead atoms. The number of nitrogens with one attached hydrogen (secondary N) is 1. The number of benzene rings is 3. The number of ether oxygens (including phenoxy) is 2. The lowest BCUT2D eigenvalue weighted by atomic mass is 9.98. The number of aromatic amines is 1. The summed E-state index contributed by atoms with van der Waals surface area (Å²) < 4.78 is 49.5. The number of aliphatic carboxylic acids is 1. The van der Waals surface area contributed by atoms with Crippen molar-refractivity contribution < 1.29 is 47.2 Å². The van der Waals surface area contributed by atoms with Crippen LogP contribution in [0.15, 0.2) is 90.3 Å². The Morgan fingerprint density at radius 2 is 1.33 bits per heavy atom. The van der Waals surface area contributed by atoms with E-state index in [0.717, 1.165) is 59.9 Å². The van der Waals surface area contributed by atoms with Gasteiger partial charge in [0, 0.05) is 44.3 Å². The van der Waals surface area contributed by atoms with Gasteiger partial charge in [-0.05, 0) is 97.0 Å². The van der Waals surface area contributed by atoms with Gasteiger partial charge in [0.15, 0.2) is 5.16 Å². The zero-order valence-electron chi connectivity index (χ0n) is 29.5. The summed E-state index contributed by atoms with van der Waals surface area (Å²) >= 11 is 1.71. The number of amides is 2. The Balaban J connectivity index is 0.000000291. The molecular formula is C39H43F3N4O7S. The van der Waals surface area contributed by atoms with E-state index in [-0.39, 0.29) is 6.42 Å². The molecule has 3 N–H and O–H groups in total. The smallest absolute Gasteiger partial charge is 0.416 e. The molecule has 0 spiro atoms. The highest BCUT2D eigenvalue weighted by Crippen LogP contribution is 2.30. The van der Waals surface area contributed by atoms with Gasteiger partial charge in [0.1, 0.15) is 11.5 Å². The Morgan fingerprint density at radius 3 is 1.89 bits per heavy atom. The molecule has 0 saturated carbocycles. The number of H-pyrrole nitrogens is 1. The second-order valence-corrected chi connectivity index (χ2v) is 14.3. The fraction of sp³-hybridized carbons (Fsp3) is 0.385. The predicted molar refractivity (Wildman–Crippen MR) is 196 cm³/mol. The van der Waals surface area contributed by atoms with E-state index in [1.807, 2.05) is 6.20 Å². The minimum Gasteiger partial charge on any atom is -0.493 e. The maximum absolute atomic E-state index is 12.7. The number of hydrogen-bond acceptors (Lipinski definition) is 7. The number of carboxylic acids is 1. The lowest BCUT2D eigenvalue weighted by Crippen LogP contribution is -2.41. The molecule has 0 radical (unpaired) electrons. The van der Waals surface area contributed by atoms with Crippen LogP contribution in [0.4, 0.5) is 22.8 Å². The van der Waals surface area contributed by atoms with Crippen molar-refractivity contribution in [3.8, 4) is 11.5 Å². The molecular weight excluding hydrogens is 726 g/mol. The summed E-state index contributed by atoms with van der Waals surface area (Å²) in [5, 5.41) is 18.6. The van der Waals surface area contributed by atoms with E-state index in [1.54, 1.807) is 71.4 Å². The van der Waals surface area contributed by atoms with Gasteiger partial charge in [0.2, 0.25) is 0 Å². The normalized spacial score (nSPS) is 15.2. The van der Waals surface area contributed by atoms with Crippen LogP contribution in [-0.4, -0.2) is 86.7 Å². The monoisotopic (exact) mass is 768 g/mol. The third-order valence-corrected chi connectivity index (χ3v) is 10.4. The lowest BCUT2D eigenvalue weighted by molar-refractivity contribution is -0.138. The van der Waals surface area contributed by atoms with Crippen LogP contribution in [0.2, 0.25) is 0 Å². The van der Waals surface area contributed by atoms with Gasteiger partial charge in [-0.25, -0.2) is 14.6 Å². The minimum absolute atomic E-state index is 0.0261. The fourth-order valence-corrected chi connectivity index (χ4v) is 7.09. The summed E-state index contributed by atoms with van der Waals surface area (Å²) in [6.45, 7) is 2.95. The summed E-state index contributed by atoms with van der Waals surface area (Å²) in [6.07, 6.45) is 1.90. The van der Waals surface area contributed by atoms with E-state index in [4.69, 9.17) is 19.7 Å². The number of rotatable bonds is 11. The van der Waals surface area contributed by atoms with Crippen LogP contribution >= 0.6 is 11.8 Å². The second-order valence-electron chi connectivity index (χ2n) is 13.3. The van der Waals surface area contributed by atoms with E-state index in [2.05, 4.69) is 9.97 Å². The maximum Gasteiger partial charge on any atom is 0.416 e. The summed E-state index contributed by atoms with van der Waals surface area (Å²) in [5.41, 5.74) is 1.68. The first kappa shape index (κ1) is 40.0. The van der Waals surface area contributed by atoms with Crippen LogP contribution in [0.5, 0.6) is 11.5 Å². The Labute approximate surface area is 315 Å². The predicted octanol–water partition coefficient (Wildman–Crippen LogP) is 8.10. The van der Waals surface area contributed by atoms with Gasteiger partial charge >= 0.3 is 24.3 Å². The van der Waals surface area contributed by atoms with E-state index in [1.165, 1.54) is 17.0 Å².